The molecule has 0 aromatic rings. The molecule has 0 amide bonds. The van der Waals surface area contributed by atoms with Crippen LogP contribution in [0.15, 0.2) is 12.2 Å². The minimum absolute atomic E-state index is 0.177. The third kappa shape index (κ3) is 9.67. The molecule has 0 heterocycles. The first-order valence-corrected chi connectivity index (χ1v) is 8.20. The Kier molecular flexibility index (Phi) is 8.88. The molecule has 21 heavy (non-hydrogen) atoms. The molecule has 0 bridgehead atoms. The Morgan fingerprint density at radius 2 is 1.76 bits per heavy atom. The molecular weight excluding hydrogens is 264 g/mol. The Balaban J connectivity index is 4.18. The standard InChI is InChI=1S/C18H34O3/c1-6-7-8-9-11-15(19)12-10-13-17(2,3)14-18(4,5)16(20)21/h10,13,15,19H,6-9,11-12,14H2,1-5H3,(H,20,21)/b13-10-. The Morgan fingerprint density at radius 3 is 2.29 bits per heavy atom. The Labute approximate surface area is 130 Å². The van der Waals surface area contributed by atoms with Crippen LogP contribution < -0.4 is 0 Å². The molecule has 0 saturated carbocycles. The van der Waals surface area contributed by atoms with Gasteiger partial charge in [-0.15, -0.1) is 0 Å². The molecule has 0 saturated heterocycles. The van der Waals surface area contributed by atoms with Gasteiger partial charge in [-0.05, 0) is 38.5 Å². The van der Waals surface area contributed by atoms with Gasteiger partial charge in [0.15, 0.2) is 0 Å². The fourth-order valence-corrected chi connectivity index (χ4v) is 2.74. The summed E-state index contributed by atoms with van der Waals surface area (Å²) in [6.45, 7) is 9.78. The summed E-state index contributed by atoms with van der Waals surface area (Å²) in [7, 11) is 0. The van der Waals surface area contributed by atoms with Crippen LogP contribution in [0.5, 0.6) is 0 Å². The van der Waals surface area contributed by atoms with Gasteiger partial charge in [0.1, 0.15) is 0 Å². The number of rotatable bonds is 11. The topological polar surface area (TPSA) is 57.5 Å². The molecule has 0 spiro atoms. The first-order valence-electron chi connectivity index (χ1n) is 8.20. The quantitative estimate of drug-likeness (QED) is 0.426. The minimum atomic E-state index is -0.764. The van der Waals surface area contributed by atoms with E-state index < -0.39 is 11.4 Å². The predicted octanol–water partition coefficient (Wildman–Crippen LogP) is 4.79. The van der Waals surface area contributed by atoms with E-state index in [1.807, 2.05) is 26.0 Å². The number of allylic oxidation sites excluding steroid dienone is 1. The van der Waals surface area contributed by atoms with Crippen LogP contribution in [0.3, 0.4) is 0 Å². The molecule has 0 aliphatic rings. The summed E-state index contributed by atoms with van der Waals surface area (Å²) in [5.41, 5.74) is -0.906. The van der Waals surface area contributed by atoms with Crippen molar-refractivity contribution in [1.29, 1.82) is 0 Å². The second kappa shape index (κ2) is 9.24. The van der Waals surface area contributed by atoms with E-state index in [1.165, 1.54) is 19.3 Å². The maximum absolute atomic E-state index is 11.2. The molecule has 0 aromatic heterocycles. The van der Waals surface area contributed by atoms with Gasteiger partial charge in [-0.25, -0.2) is 0 Å². The highest BCUT2D eigenvalue weighted by Crippen LogP contribution is 2.35. The third-order valence-corrected chi connectivity index (χ3v) is 3.84. The van der Waals surface area contributed by atoms with Crippen molar-refractivity contribution < 1.29 is 15.0 Å². The number of aliphatic carboxylic acids is 1. The molecule has 124 valence electrons. The van der Waals surface area contributed by atoms with E-state index in [0.717, 1.165) is 12.8 Å². The van der Waals surface area contributed by atoms with Crippen molar-refractivity contribution in [3.8, 4) is 0 Å². The predicted molar refractivity (Wildman–Crippen MR) is 88.3 cm³/mol. The summed E-state index contributed by atoms with van der Waals surface area (Å²) in [5, 5.41) is 19.1. The molecule has 0 aromatic carbocycles. The Hall–Kier alpha value is -0.830. The zero-order valence-corrected chi connectivity index (χ0v) is 14.5. The van der Waals surface area contributed by atoms with Crippen LogP contribution in [0.2, 0.25) is 0 Å². The third-order valence-electron chi connectivity index (χ3n) is 3.84. The van der Waals surface area contributed by atoms with Crippen molar-refractivity contribution in [2.24, 2.45) is 10.8 Å². The molecule has 0 aliphatic heterocycles. The van der Waals surface area contributed by atoms with Crippen molar-refractivity contribution in [2.45, 2.75) is 85.7 Å². The summed E-state index contributed by atoms with van der Waals surface area (Å²) in [5.74, 6) is -0.764. The second-order valence-electron chi connectivity index (χ2n) is 7.50. The lowest BCUT2D eigenvalue weighted by molar-refractivity contribution is -0.148. The molecule has 0 fully saturated rings. The van der Waals surface area contributed by atoms with Crippen molar-refractivity contribution in [3.63, 3.8) is 0 Å². The van der Waals surface area contributed by atoms with Gasteiger partial charge < -0.3 is 10.2 Å². The fourth-order valence-electron chi connectivity index (χ4n) is 2.74. The SMILES string of the molecule is CCCCCCC(O)C/C=C\C(C)(C)CC(C)(C)C(=O)O. The Bertz CT molecular complexity index is 329. The highest BCUT2D eigenvalue weighted by atomic mass is 16.4. The fraction of sp³-hybridized carbons (Fsp3) is 0.833. The number of aliphatic hydroxyl groups is 1. The lowest BCUT2D eigenvalue weighted by Gasteiger charge is -2.29. The summed E-state index contributed by atoms with van der Waals surface area (Å²) < 4.78 is 0. The van der Waals surface area contributed by atoms with Gasteiger partial charge in [0.25, 0.3) is 0 Å². The van der Waals surface area contributed by atoms with Crippen LogP contribution in [0, 0.1) is 10.8 Å². The first kappa shape index (κ1) is 20.2. The summed E-state index contributed by atoms with van der Waals surface area (Å²) in [6, 6.07) is 0. The second-order valence-corrected chi connectivity index (χ2v) is 7.50. The summed E-state index contributed by atoms with van der Waals surface area (Å²) in [6.07, 6.45) is 10.6. The molecule has 0 aliphatic carbocycles. The number of hydrogen-bond donors (Lipinski definition) is 2. The van der Waals surface area contributed by atoms with Gasteiger partial charge in [0.05, 0.1) is 11.5 Å². The van der Waals surface area contributed by atoms with Crippen molar-refractivity contribution >= 4 is 5.97 Å². The van der Waals surface area contributed by atoms with E-state index in [4.69, 9.17) is 0 Å². The van der Waals surface area contributed by atoms with Crippen molar-refractivity contribution in [3.05, 3.63) is 12.2 Å². The summed E-state index contributed by atoms with van der Waals surface area (Å²) in [4.78, 5) is 11.2. The number of unbranched alkanes of at least 4 members (excludes halogenated alkanes) is 3. The Morgan fingerprint density at radius 1 is 1.14 bits per heavy atom. The average Bonchev–Trinajstić information content (AvgIpc) is 2.33. The zero-order valence-electron chi connectivity index (χ0n) is 14.5. The lowest BCUT2D eigenvalue weighted by atomic mass is 9.75. The number of carbonyl (C=O) groups is 1. The van der Waals surface area contributed by atoms with E-state index in [1.54, 1.807) is 13.8 Å². The molecule has 0 radical (unpaired) electrons. The number of hydrogen-bond acceptors (Lipinski definition) is 2. The van der Waals surface area contributed by atoms with Gasteiger partial charge >= 0.3 is 5.97 Å². The van der Waals surface area contributed by atoms with Crippen LogP contribution in [-0.2, 0) is 4.79 Å². The van der Waals surface area contributed by atoms with Crippen LogP contribution in [0.25, 0.3) is 0 Å². The monoisotopic (exact) mass is 298 g/mol. The molecule has 1 unspecified atom stereocenters. The highest BCUT2D eigenvalue weighted by molar-refractivity contribution is 5.73. The van der Waals surface area contributed by atoms with Gasteiger partial charge in [-0.3, -0.25) is 4.79 Å². The summed E-state index contributed by atoms with van der Waals surface area (Å²) >= 11 is 0. The first-order chi connectivity index (χ1) is 9.60. The van der Waals surface area contributed by atoms with Gasteiger partial charge in [-0.1, -0.05) is 58.6 Å². The zero-order chi connectivity index (χ0) is 16.5. The van der Waals surface area contributed by atoms with Crippen LogP contribution in [-0.4, -0.2) is 22.3 Å². The van der Waals surface area contributed by atoms with Gasteiger partial charge in [0, 0.05) is 0 Å². The van der Waals surface area contributed by atoms with Gasteiger partial charge in [0.2, 0.25) is 0 Å². The van der Waals surface area contributed by atoms with Crippen molar-refractivity contribution in [1.82, 2.24) is 0 Å². The minimum Gasteiger partial charge on any atom is -0.481 e. The van der Waals surface area contributed by atoms with E-state index in [9.17, 15) is 15.0 Å². The maximum Gasteiger partial charge on any atom is 0.309 e. The number of carboxylic acid groups (broad SMARTS) is 1. The van der Waals surface area contributed by atoms with E-state index in [2.05, 4.69) is 6.92 Å². The van der Waals surface area contributed by atoms with Crippen LogP contribution in [0.1, 0.15) is 79.6 Å². The van der Waals surface area contributed by atoms with Crippen LogP contribution in [0.4, 0.5) is 0 Å². The van der Waals surface area contributed by atoms with Crippen molar-refractivity contribution in [2.75, 3.05) is 0 Å². The highest BCUT2D eigenvalue weighted by Gasteiger charge is 2.33. The van der Waals surface area contributed by atoms with E-state index in [-0.39, 0.29) is 11.5 Å². The number of aliphatic hydroxyl groups excluding tert-OH is 1. The lowest BCUT2D eigenvalue weighted by Crippen LogP contribution is -2.29. The molecule has 2 N–H and O–H groups in total. The molecule has 0 rings (SSSR count). The van der Waals surface area contributed by atoms with E-state index >= 15 is 0 Å². The van der Waals surface area contributed by atoms with Gasteiger partial charge in [-0.2, -0.15) is 0 Å². The largest absolute Gasteiger partial charge is 0.481 e. The molecule has 3 nitrogen and oxygen atoms in total. The molecule has 3 heteroatoms. The normalized spacial score (nSPS) is 14.6. The molecule has 1 atom stereocenters. The van der Waals surface area contributed by atoms with E-state index in [0.29, 0.717) is 12.8 Å². The number of carboxylic acids is 1. The smallest absolute Gasteiger partial charge is 0.309 e. The van der Waals surface area contributed by atoms with Crippen LogP contribution >= 0.6 is 0 Å². The molecular formula is C18H34O3. The maximum atomic E-state index is 11.2. The average molecular weight is 298 g/mol.